The van der Waals surface area contributed by atoms with Crippen LogP contribution in [0, 0.1) is 0 Å². The van der Waals surface area contributed by atoms with Crippen LogP contribution in [0.4, 0.5) is 0 Å². The highest BCUT2D eigenvalue weighted by atomic mass is 32.2. The van der Waals surface area contributed by atoms with Gasteiger partial charge in [-0.1, -0.05) is 5.16 Å². The first kappa shape index (κ1) is 16.2. The molecule has 0 radical (unpaired) electrons. The van der Waals surface area contributed by atoms with Crippen LogP contribution >= 0.6 is 0 Å². The number of hydrogen-bond acceptors (Lipinski definition) is 5. The molecule has 0 aromatic carbocycles. The number of nitrogens with zero attached hydrogens (tertiary/aromatic N) is 2. The van der Waals surface area contributed by atoms with Gasteiger partial charge in [-0.3, -0.25) is 0 Å². The predicted molar refractivity (Wildman–Crippen MR) is 69.1 cm³/mol. The van der Waals surface area contributed by atoms with E-state index in [0.29, 0.717) is 19.5 Å². The molecule has 0 atom stereocenters. The molecule has 7 heteroatoms. The Labute approximate surface area is 103 Å². The quantitative estimate of drug-likeness (QED) is 0.311. The second-order valence-corrected chi connectivity index (χ2v) is 7.94. The third kappa shape index (κ3) is 5.88. The van der Waals surface area contributed by atoms with E-state index in [1.165, 1.54) is 0 Å². The highest BCUT2D eigenvalue weighted by Gasteiger charge is 2.28. The first-order valence-electron chi connectivity index (χ1n) is 5.47. The van der Waals surface area contributed by atoms with Crippen molar-refractivity contribution < 1.29 is 13.6 Å². The predicted octanol–water partition coefficient (Wildman–Crippen LogP) is 0.268. The molecule has 102 valence electrons. The average molecular weight is 265 g/mol. The molecule has 0 aromatic heterocycles. The van der Waals surface area contributed by atoms with Gasteiger partial charge in [0.1, 0.15) is 5.84 Å². The van der Waals surface area contributed by atoms with Gasteiger partial charge in [0.05, 0.1) is 10.5 Å². The Hall–Kier alpha value is -0.820. The molecule has 0 saturated carbocycles. The zero-order valence-corrected chi connectivity index (χ0v) is 11.8. The van der Waals surface area contributed by atoms with Crippen molar-refractivity contribution in [2.45, 2.75) is 31.9 Å². The molecule has 0 spiro atoms. The molecule has 0 aliphatic heterocycles. The fraction of sp³-hybridized carbons (Fsp3) is 0.900. The lowest BCUT2D eigenvalue weighted by Gasteiger charge is -2.22. The number of oxime groups is 1. The van der Waals surface area contributed by atoms with E-state index in [9.17, 15) is 8.42 Å². The zero-order valence-electron chi connectivity index (χ0n) is 11.0. The van der Waals surface area contributed by atoms with E-state index in [-0.39, 0.29) is 11.6 Å². The van der Waals surface area contributed by atoms with Crippen molar-refractivity contribution in [3.05, 3.63) is 0 Å². The van der Waals surface area contributed by atoms with Crippen molar-refractivity contribution in [2.75, 3.05) is 25.9 Å². The number of amidine groups is 1. The Morgan fingerprint density at radius 3 is 2.29 bits per heavy atom. The summed E-state index contributed by atoms with van der Waals surface area (Å²) < 4.78 is 22.9. The minimum atomic E-state index is -3.09. The summed E-state index contributed by atoms with van der Waals surface area (Å²) in [6.07, 6.45) is 0.419. The summed E-state index contributed by atoms with van der Waals surface area (Å²) in [5.74, 6) is 0.263. The van der Waals surface area contributed by atoms with Crippen LogP contribution in [0.3, 0.4) is 0 Å². The third-order valence-electron chi connectivity index (χ3n) is 2.55. The lowest BCUT2D eigenvalue weighted by atomic mass is 10.3. The Balaban J connectivity index is 4.14. The summed E-state index contributed by atoms with van der Waals surface area (Å²) in [4.78, 5) is 1.85. The Morgan fingerprint density at radius 1 is 1.35 bits per heavy atom. The Morgan fingerprint density at radius 2 is 1.88 bits per heavy atom. The lowest BCUT2D eigenvalue weighted by molar-refractivity contribution is 0.313. The SMILES string of the molecule is CN(CCC(N)=NO)CCS(=O)(=O)C(C)(C)C. The van der Waals surface area contributed by atoms with E-state index in [2.05, 4.69) is 5.16 Å². The van der Waals surface area contributed by atoms with Gasteiger partial charge in [-0.2, -0.15) is 0 Å². The molecule has 0 aromatic rings. The molecule has 0 bridgehead atoms. The fourth-order valence-electron chi connectivity index (χ4n) is 1.05. The fourth-order valence-corrected chi connectivity index (χ4v) is 2.21. The molecule has 17 heavy (non-hydrogen) atoms. The molecule has 3 N–H and O–H groups in total. The Bertz CT molecular complexity index is 357. The largest absolute Gasteiger partial charge is 0.409 e. The van der Waals surface area contributed by atoms with E-state index < -0.39 is 14.6 Å². The van der Waals surface area contributed by atoms with Gasteiger partial charge in [0.2, 0.25) is 0 Å². The van der Waals surface area contributed by atoms with Gasteiger partial charge < -0.3 is 15.8 Å². The Kier molecular flexibility index (Phi) is 5.91. The van der Waals surface area contributed by atoms with Crippen LogP contribution in [0.1, 0.15) is 27.2 Å². The maximum atomic E-state index is 11.8. The van der Waals surface area contributed by atoms with Gasteiger partial charge in [-0.15, -0.1) is 0 Å². The molecule has 0 saturated heterocycles. The number of rotatable bonds is 6. The molecule has 0 heterocycles. The maximum absolute atomic E-state index is 11.8. The van der Waals surface area contributed by atoms with Crippen molar-refractivity contribution in [3.8, 4) is 0 Å². The molecule has 0 amide bonds. The van der Waals surface area contributed by atoms with Gasteiger partial charge in [0, 0.05) is 19.5 Å². The van der Waals surface area contributed by atoms with Crippen molar-refractivity contribution >= 4 is 15.7 Å². The number of hydrogen-bond donors (Lipinski definition) is 2. The molecule has 0 rings (SSSR count). The van der Waals surface area contributed by atoms with E-state index in [0.717, 1.165) is 0 Å². The molecular formula is C10H23N3O3S. The van der Waals surface area contributed by atoms with Crippen molar-refractivity contribution in [3.63, 3.8) is 0 Å². The summed E-state index contributed by atoms with van der Waals surface area (Å²) in [5.41, 5.74) is 5.33. The first-order chi connectivity index (χ1) is 7.60. The van der Waals surface area contributed by atoms with Gasteiger partial charge in [0.15, 0.2) is 9.84 Å². The highest BCUT2D eigenvalue weighted by Crippen LogP contribution is 2.15. The molecule has 0 fully saturated rings. The van der Waals surface area contributed by atoms with Gasteiger partial charge in [-0.05, 0) is 27.8 Å². The van der Waals surface area contributed by atoms with Crippen LogP contribution in [0.25, 0.3) is 0 Å². The minimum Gasteiger partial charge on any atom is -0.409 e. The molecule has 0 unspecified atom stereocenters. The van der Waals surface area contributed by atoms with Crippen molar-refractivity contribution in [1.29, 1.82) is 0 Å². The van der Waals surface area contributed by atoms with Crippen LogP contribution in [-0.4, -0.2) is 55.0 Å². The van der Waals surface area contributed by atoms with Crippen LogP contribution < -0.4 is 5.73 Å². The van der Waals surface area contributed by atoms with Crippen molar-refractivity contribution in [2.24, 2.45) is 10.9 Å². The number of nitrogens with two attached hydrogens (primary N) is 1. The third-order valence-corrected chi connectivity index (χ3v) is 5.14. The lowest BCUT2D eigenvalue weighted by Crippen LogP contribution is -2.36. The van der Waals surface area contributed by atoms with E-state index in [4.69, 9.17) is 10.9 Å². The van der Waals surface area contributed by atoms with Crippen molar-refractivity contribution in [1.82, 2.24) is 4.90 Å². The van der Waals surface area contributed by atoms with Crippen LogP contribution in [0.2, 0.25) is 0 Å². The summed E-state index contributed by atoms with van der Waals surface area (Å²) >= 11 is 0. The summed E-state index contributed by atoms with van der Waals surface area (Å²) in [6, 6.07) is 0. The van der Waals surface area contributed by atoms with E-state index in [1.807, 2.05) is 11.9 Å². The normalized spacial score (nSPS) is 14.3. The van der Waals surface area contributed by atoms with Crippen LogP contribution in [0.5, 0.6) is 0 Å². The van der Waals surface area contributed by atoms with Gasteiger partial charge in [-0.25, -0.2) is 8.42 Å². The van der Waals surface area contributed by atoms with Crippen LogP contribution in [0.15, 0.2) is 5.16 Å². The molecule has 0 aliphatic rings. The van der Waals surface area contributed by atoms with E-state index in [1.54, 1.807) is 20.8 Å². The second kappa shape index (κ2) is 6.20. The molecule has 0 aliphatic carbocycles. The topological polar surface area (TPSA) is 96.0 Å². The van der Waals surface area contributed by atoms with Gasteiger partial charge in [0.25, 0.3) is 0 Å². The van der Waals surface area contributed by atoms with E-state index >= 15 is 0 Å². The number of sulfone groups is 1. The second-order valence-electron chi connectivity index (χ2n) is 5.08. The minimum absolute atomic E-state index is 0.114. The summed E-state index contributed by atoms with van der Waals surface area (Å²) in [5, 5.41) is 11.2. The monoisotopic (exact) mass is 265 g/mol. The van der Waals surface area contributed by atoms with Gasteiger partial charge >= 0.3 is 0 Å². The molecular weight excluding hydrogens is 242 g/mol. The summed E-state index contributed by atoms with van der Waals surface area (Å²) in [7, 11) is -1.28. The highest BCUT2D eigenvalue weighted by molar-refractivity contribution is 7.92. The maximum Gasteiger partial charge on any atom is 0.156 e. The first-order valence-corrected chi connectivity index (χ1v) is 7.12. The standard InChI is InChI=1S/C10H23N3O3S/c1-10(2,3)17(15,16)8-7-13(4)6-5-9(11)12-14/h14H,5-8H2,1-4H3,(H2,11,12). The summed E-state index contributed by atoms with van der Waals surface area (Å²) in [6.45, 7) is 6.09. The zero-order chi connectivity index (χ0) is 13.7. The molecule has 6 nitrogen and oxygen atoms in total. The smallest absolute Gasteiger partial charge is 0.156 e. The average Bonchev–Trinajstić information content (AvgIpc) is 2.21. The van der Waals surface area contributed by atoms with Crippen LogP contribution in [-0.2, 0) is 9.84 Å².